The van der Waals surface area contributed by atoms with Gasteiger partial charge in [-0.3, -0.25) is 9.59 Å². The van der Waals surface area contributed by atoms with Crippen molar-refractivity contribution in [2.75, 3.05) is 14.1 Å². The van der Waals surface area contributed by atoms with Crippen LogP contribution in [0.2, 0.25) is 0 Å². The molecule has 0 spiro atoms. The SMILES string of the molecule is CC.CC.CC.CC.Cc1ccsc1C1=C2C(=O)N(C)C(c3sccc3C)=C2C(=O)N1C.[Ar].[Ar]. The molecule has 0 saturated heterocycles. The maximum absolute atomic E-state index is 13.0. The number of likely N-dealkylation sites (N-methyl/N-ethyl adjacent to an activating group) is 2. The smallest absolute Gasteiger partial charge is 0.261 e. The second-order valence-corrected chi connectivity index (χ2v) is 7.87. The van der Waals surface area contributed by atoms with Crippen molar-refractivity contribution in [2.45, 2.75) is 69.2 Å². The molecule has 0 N–H and O–H groups in total. The van der Waals surface area contributed by atoms with Gasteiger partial charge in [-0.05, 0) is 47.9 Å². The van der Waals surface area contributed by atoms with Gasteiger partial charge in [0.2, 0.25) is 0 Å². The van der Waals surface area contributed by atoms with E-state index in [9.17, 15) is 9.59 Å². The average molecular weight is 557 g/mol. The van der Waals surface area contributed by atoms with Crippen molar-refractivity contribution < 1.29 is 85.1 Å². The number of fused-ring (bicyclic) bond motifs is 1. The molecule has 2 aliphatic rings. The zero-order chi connectivity index (χ0) is 25.2. The quantitative estimate of drug-likeness (QED) is 0.382. The molecule has 4 rings (SSSR count). The van der Waals surface area contributed by atoms with Gasteiger partial charge in [0.25, 0.3) is 11.8 Å². The molecule has 0 bridgehead atoms. The Labute approximate surface area is 275 Å². The maximum atomic E-state index is 13.0. The molecule has 0 fully saturated rings. The number of rotatable bonds is 2. The van der Waals surface area contributed by atoms with Crippen LogP contribution < -0.4 is 0 Å². The van der Waals surface area contributed by atoms with Gasteiger partial charge < -0.3 is 9.80 Å². The van der Waals surface area contributed by atoms with Gasteiger partial charge in [-0.25, -0.2) is 0 Å². The molecule has 2 aromatic rings. The van der Waals surface area contributed by atoms with Crippen molar-refractivity contribution in [2.24, 2.45) is 0 Å². The fourth-order valence-corrected chi connectivity index (χ4v) is 5.32. The van der Waals surface area contributed by atoms with Crippen LogP contribution in [0.3, 0.4) is 0 Å². The second-order valence-electron chi connectivity index (χ2n) is 6.04. The molecule has 2 aliphatic heterocycles. The maximum Gasteiger partial charge on any atom is 0.261 e. The fraction of sp³-hybridized carbons (Fsp3) is 0.462. The van der Waals surface area contributed by atoms with Crippen LogP contribution in [0.15, 0.2) is 34.0 Å². The van der Waals surface area contributed by atoms with Crippen LogP contribution in [0.1, 0.15) is 76.3 Å². The number of amides is 2. The molecule has 2 aromatic heterocycles. The first-order chi connectivity index (χ1) is 15.4. The molecule has 4 nitrogen and oxygen atoms in total. The van der Waals surface area contributed by atoms with Crippen molar-refractivity contribution in [1.29, 1.82) is 0 Å². The van der Waals surface area contributed by atoms with E-state index in [0.29, 0.717) is 11.1 Å². The zero-order valence-corrected chi connectivity index (χ0v) is 25.6. The van der Waals surface area contributed by atoms with Crippen molar-refractivity contribution in [3.05, 3.63) is 54.9 Å². The van der Waals surface area contributed by atoms with E-state index in [4.69, 9.17) is 0 Å². The van der Waals surface area contributed by atoms with Crippen LogP contribution >= 0.6 is 22.7 Å². The van der Waals surface area contributed by atoms with Gasteiger partial charge >= 0.3 is 0 Å². The van der Waals surface area contributed by atoms with E-state index in [-0.39, 0.29) is 87.3 Å². The number of hydrogen-bond acceptors (Lipinski definition) is 4. The first kappa shape index (κ1) is 38.9. The Hall–Kier alpha value is 0.339. The van der Waals surface area contributed by atoms with Gasteiger partial charge in [-0.1, -0.05) is 55.4 Å². The Morgan fingerprint density at radius 3 is 1.06 bits per heavy atom. The summed E-state index contributed by atoms with van der Waals surface area (Å²) >= 11 is 3.13. The van der Waals surface area contributed by atoms with E-state index in [0.717, 1.165) is 32.3 Å². The minimum atomic E-state index is -0.103. The van der Waals surface area contributed by atoms with Gasteiger partial charge in [0.15, 0.2) is 0 Å². The summed E-state index contributed by atoms with van der Waals surface area (Å²) < 4.78 is 0. The van der Waals surface area contributed by atoms with E-state index in [1.807, 2.05) is 92.1 Å². The van der Waals surface area contributed by atoms with Crippen LogP contribution in [0, 0.1) is 89.3 Å². The predicted molar refractivity (Wildman–Crippen MR) is 143 cm³/mol. The number of nitrogens with zero attached hydrogens (tertiary/aromatic N) is 2. The van der Waals surface area contributed by atoms with Gasteiger partial charge in [0, 0.05) is 89.6 Å². The molecule has 4 heterocycles. The summed E-state index contributed by atoms with van der Waals surface area (Å²) in [7, 11) is 3.50. The number of hydrogen-bond donors (Lipinski definition) is 0. The van der Waals surface area contributed by atoms with Crippen LogP contribution in [-0.4, -0.2) is 35.7 Å². The van der Waals surface area contributed by atoms with Crippen molar-refractivity contribution in [3.63, 3.8) is 0 Å². The van der Waals surface area contributed by atoms with E-state index < -0.39 is 0 Å². The second kappa shape index (κ2) is 19.5. The molecular formula is C26H40Ar2N2O2S2. The average Bonchev–Trinajstić information content (AvgIpc) is 3.57. The van der Waals surface area contributed by atoms with E-state index in [2.05, 4.69) is 0 Å². The van der Waals surface area contributed by atoms with Gasteiger partial charge in [0.1, 0.15) is 0 Å². The molecule has 0 aromatic carbocycles. The summed E-state index contributed by atoms with van der Waals surface area (Å²) in [6.45, 7) is 20.0. The molecule has 0 unspecified atom stereocenters. The van der Waals surface area contributed by atoms with Gasteiger partial charge in [-0.15, -0.1) is 22.7 Å². The summed E-state index contributed by atoms with van der Waals surface area (Å²) in [5.74, 6) is -0.207. The van der Waals surface area contributed by atoms with Gasteiger partial charge in [0.05, 0.1) is 32.3 Å². The molecule has 194 valence electrons. The number of thiophene rings is 2. The molecule has 2 amide bonds. The zero-order valence-electron chi connectivity index (χ0n) is 22.5. The largest absolute Gasteiger partial charge is 0.309 e. The molecule has 8 heteroatoms. The molecule has 0 saturated carbocycles. The van der Waals surface area contributed by atoms with Crippen molar-refractivity contribution in [3.8, 4) is 0 Å². The third kappa shape index (κ3) is 7.67. The van der Waals surface area contributed by atoms with Crippen molar-refractivity contribution in [1.82, 2.24) is 9.80 Å². The summed E-state index contributed by atoms with van der Waals surface area (Å²) in [4.78, 5) is 31.2. The van der Waals surface area contributed by atoms with Crippen LogP contribution in [0.25, 0.3) is 11.4 Å². The molecule has 0 atom stereocenters. The summed E-state index contributed by atoms with van der Waals surface area (Å²) in [6, 6.07) is 4.03. The Morgan fingerprint density at radius 1 is 0.588 bits per heavy atom. The minimum absolute atomic E-state index is 0. The molecule has 0 radical (unpaired) electrons. The summed E-state index contributed by atoms with van der Waals surface area (Å²) in [6.07, 6.45) is 0. The standard InChI is InChI=1S/C18H16N2O2S2.4C2H6.2Ar/c1-9-5-7-23-15(9)13-11-12(18(22)19(13)3)14(20(4)17(11)21)16-10(2)6-8-24-16;4*1-2;;/h5-8H,1-4H3;4*1-2H3;;. The minimum Gasteiger partial charge on any atom is -0.309 e. The van der Waals surface area contributed by atoms with Gasteiger partial charge in [-0.2, -0.15) is 0 Å². The van der Waals surface area contributed by atoms with Crippen LogP contribution in [0.5, 0.6) is 0 Å². The Balaban J connectivity index is -0.000000876. The van der Waals surface area contributed by atoms with E-state index in [1.165, 1.54) is 0 Å². The molecular weight excluding hydrogens is 516 g/mol. The van der Waals surface area contributed by atoms with E-state index in [1.54, 1.807) is 46.6 Å². The van der Waals surface area contributed by atoms with E-state index >= 15 is 0 Å². The summed E-state index contributed by atoms with van der Waals surface area (Å²) in [5, 5.41) is 3.98. The monoisotopic (exact) mass is 556 g/mol. The van der Waals surface area contributed by atoms with Crippen LogP contribution in [0.4, 0.5) is 0 Å². The third-order valence-corrected chi connectivity index (χ3v) is 6.63. The molecule has 34 heavy (non-hydrogen) atoms. The first-order valence-electron chi connectivity index (χ1n) is 11.6. The number of aryl methyl sites for hydroxylation is 2. The Kier molecular flexibility index (Phi) is 22.2. The third-order valence-electron chi connectivity index (χ3n) is 4.59. The summed E-state index contributed by atoms with van der Waals surface area (Å²) in [5.41, 5.74) is 4.73. The number of carbonyl (C=O) groups is 2. The predicted octanol–water partition coefficient (Wildman–Crippen LogP) is 7.60. The topological polar surface area (TPSA) is 40.6 Å². The van der Waals surface area contributed by atoms with Crippen LogP contribution in [-0.2, 0) is 9.59 Å². The Morgan fingerprint density at radius 2 is 0.853 bits per heavy atom. The number of carbonyl (C=O) groups excluding carboxylic acids is 2. The Bertz CT molecular complexity index is 897. The first-order valence-corrected chi connectivity index (χ1v) is 13.3. The normalized spacial score (nSPS) is 13.2. The van der Waals surface area contributed by atoms with Crippen molar-refractivity contribution >= 4 is 45.9 Å². The molecule has 0 aliphatic carbocycles. The fourth-order valence-electron chi connectivity index (χ4n) is 3.29.